The van der Waals surface area contributed by atoms with Crippen LogP contribution in [0.4, 0.5) is 17.8 Å². The minimum atomic E-state index is 0.518. The van der Waals surface area contributed by atoms with Crippen LogP contribution in [0, 0.1) is 0 Å². The summed E-state index contributed by atoms with van der Waals surface area (Å²) in [5.74, 6) is 4.26. The number of thioether (sulfide) groups is 1. The summed E-state index contributed by atoms with van der Waals surface area (Å²) in [4.78, 5) is 27.1. The van der Waals surface area contributed by atoms with Gasteiger partial charge in [-0.05, 0) is 38.6 Å². The summed E-state index contributed by atoms with van der Waals surface area (Å²) >= 11 is 1.63. The molecule has 0 bridgehead atoms. The highest BCUT2D eigenvalue weighted by molar-refractivity contribution is 7.99. The molecule has 0 radical (unpaired) electrons. The summed E-state index contributed by atoms with van der Waals surface area (Å²) in [6.45, 7) is 7.80. The largest absolute Gasteiger partial charge is 0.354 e. The van der Waals surface area contributed by atoms with E-state index in [1.54, 1.807) is 11.8 Å². The molecule has 0 saturated carbocycles. The summed E-state index contributed by atoms with van der Waals surface area (Å²) in [7, 11) is 1.95. The average molecular weight is 464 g/mol. The molecule has 2 aromatic rings. The van der Waals surface area contributed by atoms with E-state index in [-0.39, 0.29) is 0 Å². The molecular formula is C20H37N11S. The van der Waals surface area contributed by atoms with Crippen LogP contribution in [0.5, 0.6) is 0 Å². The number of anilines is 3. The Hall–Kier alpha value is -2.31. The van der Waals surface area contributed by atoms with E-state index in [1.807, 2.05) is 7.05 Å². The van der Waals surface area contributed by atoms with Gasteiger partial charge in [0.15, 0.2) is 5.16 Å². The highest BCUT2D eigenvalue weighted by atomic mass is 32.2. The molecule has 2 heterocycles. The van der Waals surface area contributed by atoms with E-state index in [0.29, 0.717) is 43.9 Å². The van der Waals surface area contributed by atoms with Gasteiger partial charge in [-0.3, -0.25) is 0 Å². The molecule has 0 unspecified atom stereocenters. The Morgan fingerprint density at radius 2 is 1.31 bits per heavy atom. The Bertz CT molecular complexity index is 764. The molecule has 12 heteroatoms. The van der Waals surface area contributed by atoms with E-state index in [9.17, 15) is 0 Å². The first kappa shape index (κ1) is 25.9. The number of nitrogens with two attached hydrogens (primary N) is 1. The first-order valence-electron chi connectivity index (χ1n) is 11.4. The third-order valence-electron chi connectivity index (χ3n) is 4.26. The van der Waals surface area contributed by atoms with Crippen molar-refractivity contribution in [2.45, 2.75) is 51.1 Å². The second-order valence-corrected chi connectivity index (χ2v) is 8.30. The number of nitrogens with one attached hydrogen (secondary N) is 4. The zero-order chi connectivity index (χ0) is 23.0. The van der Waals surface area contributed by atoms with Gasteiger partial charge < -0.3 is 27.0 Å². The number of hydrogen-bond donors (Lipinski definition) is 5. The highest BCUT2D eigenvalue weighted by Crippen LogP contribution is 2.15. The van der Waals surface area contributed by atoms with E-state index in [2.05, 4.69) is 65.0 Å². The molecule has 0 aliphatic carbocycles. The SMILES string of the molecule is CCCNc1nc(CCCNc2nc(CCCNC)nc(SCC)n2)nc(NCCN)n1. The van der Waals surface area contributed by atoms with Crippen molar-refractivity contribution >= 4 is 29.6 Å². The Morgan fingerprint density at radius 3 is 1.94 bits per heavy atom. The number of nitrogens with zero attached hydrogens (tertiary/aromatic N) is 6. The molecule has 0 aliphatic rings. The minimum Gasteiger partial charge on any atom is -0.354 e. The molecule has 11 nitrogen and oxygen atoms in total. The van der Waals surface area contributed by atoms with E-state index in [1.165, 1.54) is 0 Å². The van der Waals surface area contributed by atoms with Gasteiger partial charge in [0.1, 0.15) is 11.6 Å². The lowest BCUT2D eigenvalue weighted by Crippen LogP contribution is -2.17. The molecule has 6 N–H and O–H groups in total. The molecule has 2 rings (SSSR count). The lowest BCUT2D eigenvalue weighted by Gasteiger charge is -2.10. The molecule has 0 spiro atoms. The van der Waals surface area contributed by atoms with Crippen molar-refractivity contribution in [1.29, 1.82) is 0 Å². The Balaban J connectivity index is 1.94. The van der Waals surface area contributed by atoms with Gasteiger partial charge in [0.05, 0.1) is 0 Å². The van der Waals surface area contributed by atoms with Crippen LogP contribution in [0.2, 0.25) is 0 Å². The van der Waals surface area contributed by atoms with Crippen LogP contribution in [-0.2, 0) is 12.8 Å². The summed E-state index contributed by atoms with van der Waals surface area (Å²) in [6.07, 6.45) is 4.36. The fraction of sp³-hybridized carbons (Fsp3) is 0.700. The molecule has 0 saturated heterocycles. The molecule has 0 aromatic carbocycles. The van der Waals surface area contributed by atoms with Crippen molar-refractivity contribution in [3.05, 3.63) is 11.6 Å². The first-order chi connectivity index (χ1) is 15.7. The Morgan fingerprint density at radius 1 is 0.719 bits per heavy atom. The summed E-state index contributed by atoms with van der Waals surface area (Å²) < 4.78 is 0. The summed E-state index contributed by atoms with van der Waals surface area (Å²) in [5, 5.41) is 13.6. The average Bonchev–Trinajstić information content (AvgIpc) is 2.79. The second kappa shape index (κ2) is 15.5. The quantitative estimate of drug-likeness (QED) is 0.171. The van der Waals surface area contributed by atoms with Crippen molar-refractivity contribution in [2.24, 2.45) is 5.73 Å². The van der Waals surface area contributed by atoms with Gasteiger partial charge in [-0.2, -0.15) is 24.9 Å². The van der Waals surface area contributed by atoms with Crippen molar-refractivity contribution in [1.82, 2.24) is 35.2 Å². The zero-order valence-electron chi connectivity index (χ0n) is 19.4. The lowest BCUT2D eigenvalue weighted by atomic mass is 10.3. The third-order valence-corrected chi connectivity index (χ3v) is 4.99. The zero-order valence-corrected chi connectivity index (χ0v) is 20.3. The van der Waals surface area contributed by atoms with Gasteiger partial charge >= 0.3 is 0 Å². The smallest absolute Gasteiger partial charge is 0.227 e. The molecule has 2 aromatic heterocycles. The highest BCUT2D eigenvalue weighted by Gasteiger charge is 2.09. The lowest BCUT2D eigenvalue weighted by molar-refractivity contribution is 0.686. The molecule has 32 heavy (non-hydrogen) atoms. The normalized spacial score (nSPS) is 10.9. The van der Waals surface area contributed by atoms with Crippen LogP contribution in [0.25, 0.3) is 0 Å². The molecule has 0 fully saturated rings. The van der Waals surface area contributed by atoms with Gasteiger partial charge in [-0.1, -0.05) is 25.6 Å². The molecule has 178 valence electrons. The maximum Gasteiger partial charge on any atom is 0.227 e. The van der Waals surface area contributed by atoms with Crippen LogP contribution in [0.1, 0.15) is 44.8 Å². The minimum absolute atomic E-state index is 0.518. The molecular weight excluding hydrogens is 426 g/mol. The monoisotopic (exact) mass is 463 g/mol. The summed E-state index contributed by atoms with van der Waals surface area (Å²) in [6, 6.07) is 0. The number of rotatable bonds is 17. The predicted molar refractivity (Wildman–Crippen MR) is 131 cm³/mol. The van der Waals surface area contributed by atoms with E-state index < -0.39 is 0 Å². The van der Waals surface area contributed by atoms with Gasteiger partial charge in [0.25, 0.3) is 0 Å². The van der Waals surface area contributed by atoms with Gasteiger partial charge in [0.2, 0.25) is 17.8 Å². The topological polar surface area (TPSA) is 151 Å². The predicted octanol–water partition coefficient (Wildman–Crippen LogP) is 1.56. The van der Waals surface area contributed by atoms with E-state index >= 15 is 0 Å². The first-order valence-corrected chi connectivity index (χ1v) is 12.4. The Labute approximate surface area is 195 Å². The van der Waals surface area contributed by atoms with Crippen LogP contribution in [-0.4, -0.2) is 75.4 Å². The van der Waals surface area contributed by atoms with Crippen molar-refractivity contribution in [3.8, 4) is 0 Å². The number of aryl methyl sites for hydroxylation is 2. The van der Waals surface area contributed by atoms with Gasteiger partial charge in [-0.25, -0.2) is 4.98 Å². The summed E-state index contributed by atoms with van der Waals surface area (Å²) in [5.41, 5.74) is 5.58. The van der Waals surface area contributed by atoms with Crippen LogP contribution in [0.15, 0.2) is 5.16 Å². The van der Waals surface area contributed by atoms with Crippen LogP contribution < -0.4 is 27.0 Å². The fourth-order valence-corrected chi connectivity index (χ4v) is 3.34. The third kappa shape index (κ3) is 9.88. The van der Waals surface area contributed by atoms with Crippen molar-refractivity contribution in [2.75, 3.05) is 61.5 Å². The van der Waals surface area contributed by atoms with Crippen molar-refractivity contribution in [3.63, 3.8) is 0 Å². The Kier molecular flexibility index (Phi) is 12.6. The van der Waals surface area contributed by atoms with Gasteiger partial charge in [0, 0.05) is 39.0 Å². The standard InChI is InChI=1S/C20H37N11S/c1-4-11-23-17-26-15(27-18(30-17)25-14-10-21)9-7-13-24-19-28-16(8-6-12-22-3)29-20(31-19)32-5-2/h22H,4-14,21H2,1-3H3,(H,24,28,29,31)(H2,23,25,26,27,30). The van der Waals surface area contributed by atoms with Crippen LogP contribution >= 0.6 is 11.8 Å². The van der Waals surface area contributed by atoms with Crippen molar-refractivity contribution < 1.29 is 0 Å². The van der Waals surface area contributed by atoms with E-state index in [0.717, 1.165) is 61.3 Å². The molecule has 0 aliphatic heterocycles. The molecule has 0 amide bonds. The molecule has 0 atom stereocenters. The van der Waals surface area contributed by atoms with Crippen LogP contribution in [0.3, 0.4) is 0 Å². The fourth-order valence-electron chi connectivity index (χ4n) is 2.76. The number of aromatic nitrogens is 6. The van der Waals surface area contributed by atoms with E-state index in [4.69, 9.17) is 5.73 Å². The maximum atomic E-state index is 5.58. The van der Waals surface area contributed by atoms with Gasteiger partial charge in [-0.15, -0.1) is 0 Å². The number of hydrogen-bond acceptors (Lipinski definition) is 12. The second-order valence-electron chi connectivity index (χ2n) is 7.07. The maximum absolute atomic E-state index is 5.58.